The number of halogens is 4. The van der Waals surface area contributed by atoms with Crippen LogP contribution in [-0.2, 0) is 9.53 Å². The SMILES string of the molecule is COC(=O)C(C)Br.FC(F)(F)Oc1ccc(-n2cncn2)cc1. The predicted molar refractivity (Wildman–Crippen MR) is 78.4 cm³/mol. The number of alkyl halides is 4. The summed E-state index contributed by atoms with van der Waals surface area (Å²) in [7, 11) is 1.36. The standard InChI is InChI=1S/C9H6F3N3O.C4H7BrO2/c10-9(11,12)16-8-3-1-7(2-4-8)15-6-13-5-14-15;1-3(5)4(6)7-2/h1-6H;3H,1-2H3. The number of hydrogen-bond acceptors (Lipinski definition) is 5. The van der Waals surface area contributed by atoms with Crippen molar-refractivity contribution in [3.05, 3.63) is 36.9 Å². The molecule has 0 N–H and O–H groups in total. The topological polar surface area (TPSA) is 66.2 Å². The molecule has 0 fully saturated rings. The maximum absolute atomic E-state index is 11.9. The third-order valence-corrected chi connectivity index (χ3v) is 2.65. The van der Waals surface area contributed by atoms with E-state index in [0.29, 0.717) is 5.69 Å². The Morgan fingerprint density at radius 2 is 1.91 bits per heavy atom. The highest BCUT2D eigenvalue weighted by molar-refractivity contribution is 9.10. The number of esters is 1. The van der Waals surface area contributed by atoms with E-state index < -0.39 is 6.36 Å². The van der Waals surface area contributed by atoms with E-state index in [1.807, 2.05) is 0 Å². The van der Waals surface area contributed by atoms with Gasteiger partial charge in [-0.1, -0.05) is 15.9 Å². The average Bonchev–Trinajstić information content (AvgIpc) is 3.00. The Morgan fingerprint density at radius 1 is 1.30 bits per heavy atom. The number of methoxy groups -OCH3 is 1. The van der Waals surface area contributed by atoms with Crippen molar-refractivity contribution in [1.29, 1.82) is 0 Å². The number of aromatic nitrogens is 3. The first kappa shape index (κ1) is 18.9. The Morgan fingerprint density at radius 3 is 2.26 bits per heavy atom. The Labute approximate surface area is 138 Å². The number of ether oxygens (including phenoxy) is 2. The lowest BCUT2D eigenvalue weighted by atomic mass is 10.3. The number of benzene rings is 1. The molecule has 23 heavy (non-hydrogen) atoms. The molecule has 1 heterocycles. The summed E-state index contributed by atoms with van der Waals surface area (Å²) in [5.41, 5.74) is 0.604. The van der Waals surface area contributed by atoms with Crippen LogP contribution < -0.4 is 4.74 Å². The van der Waals surface area contributed by atoms with Gasteiger partial charge in [0.15, 0.2) is 0 Å². The van der Waals surface area contributed by atoms with Crippen LogP contribution in [0.25, 0.3) is 5.69 Å². The smallest absolute Gasteiger partial charge is 0.468 e. The van der Waals surface area contributed by atoms with E-state index in [2.05, 4.69) is 35.5 Å². The molecule has 0 aliphatic heterocycles. The molecule has 2 rings (SSSR count). The second-order valence-corrected chi connectivity index (χ2v) is 5.39. The minimum Gasteiger partial charge on any atom is -0.468 e. The summed E-state index contributed by atoms with van der Waals surface area (Å²) in [6.07, 6.45) is -1.89. The van der Waals surface area contributed by atoms with Gasteiger partial charge in [-0.05, 0) is 31.2 Å². The molecule has 0 spiro atoms. The molecule has 0 aliphatic rings. The van der Waals surface area contributed by atoms with Gasteiger partial charge in [-0.15, -0.1) is 13.2 Å². The first-order chi connectivity index (χ1) is 10.7. The minimum atomic E-state index is -4.67. The van der Waals surface area contributed by atoms with Gasteiger partial charge in [-0.25, -0.2) is 9.67 Å². The van der Waals surface area contributed by atoms with Crippen molar-refractivity contribution in [3.63, 3.8) is 0 Å². The summed E-state index contributed by atoms with van der Waals surface area (Å²) in [5.74, 6) is -0.503. The molecule has 0 aliphatic carbocycles. The van der Waals surface area contributed by atoms with Crippen LogP contribution in [0.15, 0.2) is 36.9 Å². The van der Waals surface area contributed by atoms with E-state index in [4.69, 9.17) is 0 Å². The van der Waals surface area contributed by atoms with Gasteiger partial charge in [-0.2, -0.15) is 5.10 Å². The number of carbonyl (C=O) groups is 1. The molecule has 0 saturated carbocycles. The van der Waals surface area contributed by atoms with Gasteiger partial charge in [0, 0.05) is 0 Å². The number of rotatable bonds is 3. The summed E-state index contributed by atoms with van der Waals surface area (Å²) < 4.78 is 45.1. The fraction of sp³-hybridized carbons (Fsp3) is 0.308. The van der Waals surface area contributed by atoms with E-state index in [9.17, 15) is 18.0 Å². The lowest BCUT2D eigenvalue weighted by Gasteiger charge is -2.08. The Kier molecular flexibility index (Phi) is 7.01. The van der Waals surface area contributed by atoms with Gasteiger partial charge in [0.2, 0.25) is 0 Å². The third kappa shape index (κ3) is 7.13. The fourth-order valence-corrected chi connectivity index (χ4v) is 1.49. The molecule has 0 bridgehead atoms. The van der Waals surface area contributed by atoms with Gasteiger partial charge in [0.25, 0.3) is 0 Å². The molecule has 1 atom stereocenters. The summed E-state index contributed by atoms with van der Waals surface area (Å²) in [6, 6.07) is 5.33. The molecule has 0 amide bonds. The van der Waals surface area contributed by atoms with E-state index in [1.165, 1.54) is 48.7 Å². The Hall–Kier alpha value is -2.10. The third-order valence-electron chi connectivity index (χ3n) is 2.28. The van der Waals surface area contributed by atoms with Crippen LogP contribution in [0.3, 0.4) is 0 Å². The maximum atomic E-state index is 11.9. The summed E-state index contributed by atoms with van der Waals surface area (Å²) in [5, 5.41) is 3.83. The predicted octanol–water partition coefficient (Wildman–Crippen LogP) is 3.11. The van der Waals surface area contributed by atoms with E-state index in [-0.39, 0.29) is 16.5 Å². The highest BCUT2D eigenvalue weighted by atomic mass is 79.9. The van der Waals surface area contributed by atoms with Gasteiger partial charge >= 0.3 is 12.3 Å². The van der Waals surface area contributed by atoms with Crippen molar-refractivity contribution in [2.45, 2.75) is 18.1 Å². The van der Waals surface area contributed by atoms with Crippen molar-refractivity contribution in [2.24, 2.45) is 0 Å². The quantitative estimate of drug-likeness (QED) is 0.589. The van der Waals surface area contributed by atoms with Crippen molar-refractivity contribution in [3.8, 4) is 11.4 Å². The lowest BCUT2D eigenvalue weighted by Crippen LogP contribution is -2.17. The largest absolute Gasteiger partial charge is 0.573 e. The second kappa shape index (κ2) is 8.51. The summed E-state index contributed by atoms with van der Waals surface area (Å²) in [6.45, 7) is 1.71. The molecule has 6 nitrogen and oxygen atoms in total. The molecule has 2 aromatic rings. The van der Waals surface area contributed by atoms with Crippen LogP contribution in [0.1, 0.15) is 6.92 Å². The average molecular weight is 396 g/mol. The molecule has 126 valence electrons. The first-order valence-corrected chi connectivity index (χ1v) is 7.07. The van der Waals surface area contributed by atoms with Crippen LogP contribution >= 0.6 is 15.9 Å². The highest BCUT2D eigenvalue weighted by Crippen LogP contribution is 2.23. The number of carbonyl (C=O) groups excluding carboxylic acids is 1. The normalized spacial score (nSPS) is 11.9. The van der Waals surface area contributed by atoms with Gasteiger partial charge in [-0.3, -0.25) is 4.79 Å². The maximum Gasteiger partial charge on any atom is 0.573 e. The van der Waals surface area contributed by atoms with Gasteiger partial charge < -0.3 is 9.47 Å². The first-order valence-electron chi connectivity index (χ1n) is 6.15. The second-order valence-electron chi connectivity index (χ2n) is 4.02. The Bertz CT molecular complexity index is 601. The van der Waals surface area contributed by atoms with E-state index in [1.54, 1.807) is 6.92 Å². The molecule has 10 heteroatoms. The number of nitrogens with zero attached hydrogens (tertiary/aromatic N) is 3. The molecule has 1 aromatic carbocycles. The van der Waals surface area contributed by atoms with Crippen LogP contribution in [0.5, 0.6) is 5.75 Å². The molecular weight excluding hydrogens is 383 g/mol. The van der Waals surface area contributed by atoms with Crippen molar-refractivity contribution in [1.82, 2.24) is 14.8 Å². The van der Waals surface area contributed by atoms with Crippen LogP contribution in [0.2, 0.25) is 0 Å². The fourth-order valence-electron chi connectivity index (χ4n) is 1.30. The molecule has 1 unspecified atom stereocenters. The zero-order chi connectivity index (χ0) is 17.5. The lowest BCUT2D eigenvalue weighted by molar-refractivity contribution is -0.274. The van der Waals surface area contributed by atoms with E-state index in [0.717, 1.165) is 0 Å². The number of hydrogen-bond donors (Lipinski definition) is 0. The van der Waals surface area contributed by atoms with Crippen molar-refractivity contribution in [2.75, 3.05) is 7.11 Å². The summed E-state index contributed by atoms with van der Waals surface area (Å²) in [4.78, 5) is 13.8. The molecule has 0 saturated heterocycles. The van der Waals surface area contributed by atoms with Crippen LogP contribution in [-0.4, -0.2) is 39.0 Å². The zero-order valence-corrected chi connectivity index (χ0v) is 13.7. The van der Waals surface area contributed by atoms with Crippen LogP contribution in [0.4, 0.5) is 13.2 Å². The zero-order valence-electron chi connectivity index (χ0n) is 12.1. The van der Waals surface area contributed by atoms with Gasteiger partial charge in [0.05, 0.1) is 12.8 Å². The van der Waals surface area contributed by atoms with Crippen molar-refractivity contribution < 1.29 is 27.4 Å². The highest BCUT2D eigenvalue weighted by Gasteiger charge is 2.30. The van der Waals surface area contributed by atoms with Gasteiger partial charge in [0.1, 0.15) is 23.2 Å². The Balaban J connectivity index is 0.000000322. The van der Waals surface area contributed by atoms with Crippen LogP contribution in [0, 0.1) is 0 Å². The molecule has 1 aromatic heterocycles. The monoisotopic (exact) mass is 395 g/mol. The minimum absolute atomic E-state index is 0.183. The van der Waals surface area contributed by atoms with E-state index >= 15 is 0 Å². The van der Waals surface area contributed by atoms with Crippen molar-refractivity contribution >= 4 is 21.9 Å². The molecular formula is C13H13BrF3N3O3. The summed E-state index contributed by atoms with van der Waals surface area (Å²) >= 11 is 3.03. The molecule has 0 radical (unpaired) electrons.